The zero-order chi connectivity index (χ0) is 17.7. The molecule has 0 spiro atoms. The van der Waals surface area contributed by atoms with E-state index in [-0.39, 0.29) is 16.8 Å². The third kappa shape index (κ3) is 4.08. The summed E-state index contributed by atoms with van der Waals surface area (Å²) in [5.74, 6) is 0.252. The summed E-state index contributed by atoms with van der Waals surface area (Å²) in [6, 6.07) is 4.90. The van der Waals surface area contributed by atoms with E-state index in [9.17, 15) is 13.2 Å². The summed E-state index contributed by atoms with van der Waals surface area (Å²) in [5, 5.41) is 0. The number of rotatable bonds is 6. The van der Waals surface area contributed by atoms with Gasteiger partial charge in [0.25, 0.3) is 0 Å². The summed E-state index contributed by atoms with van der Waals surface area (Å²) in [7, 11) is -3.55. The maximum atomic E-state index is 12.8. The van der Waals surface area contributed by atoms with E-state index in [0.717, 1.165) is 5.56 Å². The standard InChI is InChI=1S/C17H25NO5S/c1-4-22-16-7-6-15(12-13(16)3)24(20,21)18-10-8-14(9-11-18)17(19)23-5-2/h6-7,12,14H,4-5,8-11H2,1-3H3. The first-order valence-corrected chi connectivity index (χ1v) is 9.74. The molecule has 0 unspecified atom stereocenters. The molecule has 134 valence electrons. The maximum absolute atomic E-state index is 12.8. The highest BCUT2D eigenvalue weighted by molar-refractivity contribution is 7.89. The molecule has 0 radical (unpaired) electrons. The normalized spacial score (nSPS) is 16.8. The molecule has 1 heterocycles. The number of aryl methyl sites for hydroxylation is 1. The van der Waals surface area contributed by atoms with Crippen LogP contribution in [0.2, 0.25) is 0 Å². The fourth-order valence-corrected chi connectivity index (χ4v) is 4.40. The Morgan fingerprint density at radius 1 is 1.21 bits per heavy atom. The van der Waals surface area contributed by atoms with E-state index in [1.54, 1.807) is 25.1 Å². The maximum Gasteiger partial charge on any atom is 0.309 e. The average Bonchev–Trinajstić information content (AvgIpc) is 2.57. The first kappa shape index (κ1) is 18.7. The Bertz CT molecular complexity index is 678. The molecule has 1 aromatic carbocycles. The topological polar surface area (TPSA) is 72.9 Å². The molecular weight excluding hydrogens is 330 g/mol. The summed E-state index contributed by atoms with van der Waals surface area (Å²) in [5.41, 5.74) is 0.791. The molecule has 2 rings (SSSR count). The van der Waals surface area contributed by atoms with Crippen LogP contribution in [0.3, 0.4) is 0 Å². The molecule has 1 saturated heterocycles. The summed E-state index contributed by atoms with van der Waals surface area (Å²) >= 11 is 0. The summed E-state index contributed by atoms with van der Waals surface area (Å²) in [6.45, 7) is 7.04. The van der Waals surface area contributed by atoms with Crippen molar-refractivity contribution in [2.75, 3.05) is 26.3 Å². The van der Waals surface area contributed by atoms with Crippen LogP contribution in [0.15, 0.2) is 23.1 Å². The van der Waals surface area contributed by atoms with Gasteiger partial charge in [-0.25, -0.2) is 8.42 Å². The smallest absolute Gasteiger partial charge is 0.309 e. The molecule has 0 atom stereocenters. The number of piperidine rings is 1. The fraction of sp³-hybridized carbons (Fsp3) is 0.588. The monoisotopic (exact) mass is 355 g/mol. The van der Waals surface area contributed by atoms with Crippen LogP contribution >= 0.6 is 0 Å². The molecule has 0 N–H and O–H groups in total. The van der Waals surface area contributed by atoms with Gasteiger partial charge in [0.05, 0.1) is 24.0 Å². The van der Waals surface area contributed by atoms with Gasteiger partial charge in [0.1, 0.15) is 5.75 Å². The van der Waals surface area contributed by atoms with Crippen LogP contribution in [0, 0.1) is 12.8 Å². The van der Waals surface area contributed by atoms with Crippen molar-refractivity contribution in [3.05, 3.63) is 23.8 Å². The number of ether oxygens (including phenoxy) is 2. The molecule has 7 heteroatoms. The molecule has 1 aliphatic rings. The van der Waals surface area contributed by atoms with E-state index in [1.807, 2.05) is 13.8 Å². The quantitative estimate of drug-likeness (QED) is 0.733. The van der Waals surface area contributed by atoms with Crippen LogP contribution in [0.5, 0.6) is 5.75 Å². The Morgan fingerprint density at radius 3 is 2.42 bits per heavy atom. The lowest BCUT2D eigenvalue weighted by atomic mass is 9.98. The van der Waals surface area contributed by atoms with E-state index in [1.165, 1.54) is 4.31 Å². The zero-order valence-corrected chi connectivity index (χ0v) is 15.3. The van der Waals surface area contributed by atoms with E-state index >= 15 is 0 Å². The number of nitrogens with zero attached hydrogens (tertiary/aromatic N) is 1. The van der Waals surface area contributed by atoms with Crippen molar-refractivity contribution in [3.8, 4) is 5.75 Å². The Kier molecular flexibility index (Phi) is 6.23. The van der Waals surface area contributed by atoms with Gasteiger partial charge in [0, 0.05) is 13.1 Å². The van der Waals surface area contributed by atoms with Crippen molar-refractivity contribution in [1.82, 2.24) is 4.31 Å². The van der Waals surface area contributed by atoms with Gasteiger partial charge in [-0.15, -0.1) is 0 Å². The highest BCUT2D eigenvalue weighted by Crippen LogP contribution is 2.27. The lowest BCUT2D eigenvalue weighted by molar-refractivity contribution is -0.149. The average molecular weight is 355 g/mol. The fourth-order valence-electron chi connectivity index (χ4n) is 2.84. The third-order valence-electron chi connectivity index (χ3n) is 4.16. The number of hydrogen-bond acceptors (Lipinski definition) is 5. The van der Waals surface area contributed by atoms with Crippen LogP contribution in [-0.2, 0) is 19.6 Å². The molecule has 0 aliphatic carbocycles. The molecule has 1 fully saturated rings. The van der Waals surface area contributed by atoms with Crippen LogP contribution in [0.1, 0.15) is 32.3 Å². The molecule has 1 aliphatic heterocycles. The van der Waals surface area contributed by atoms with Crippen molar-refractivity contribution < 1.29 is 22.7 Å². The van der Waals surface area contributed by atoms with Crippen LogP contribution < -0.4 is 4.74 Å². The molecule has 6 nitrogen and oxygen atoms in total. The van der Waals surface area contributed by atoms with Crippen LogP contribution in [-0.4, -0.2) is 45.0 Å². The van der Waals surface area contributed by atoms with Crippen molar-refractivity contribution in [1.29, 1.82) is 0 Å². The number of carbonyl (C=O) groups is 1. The minimum absolute atomic E-state index is 0.210. The predicted octanol–water partition coefficient (Wildman–Crippen LogP) is 2.36. The minimum atomic E-state index is -3.55. The molecular formula is C17H25NO5S. The first-order chi connectivity index (χ1) is 11.4. The number of sulfonamides is 1. The Balaban J connectivity index is 2.09. The lowest BCUT2D eigenvalue weighted by Gasteiger charge is -2.30. The van der Waals surface area contributed by atoms with Gasteiger partial charge in [-0.05, 0) is 57.4 Å². The van der Waals surface area contributed by atoms with Gasteiger partial charge < -0.3 is 9.47 Å². The van der Waals surface area contributed by atoms with Crippen molar-refractivity contribution >= 4 is 16.0 Å². The molecule has 0 aromatic heterocycles. The zero-order valence-electron chi connectivity index (χ0n) is 14.4. The summed E-state index contributed by atoms with van der Waals surface area (Å²) in [6.07, 6.45) is 0.988. The Morgan fingerprint density at radius 2 is 1.88 bits per heavy atom. The Labute approximate surface area is 143 Å². The number of benzene rings is 1. The van der Waals surface area contributed by atoms with Crippen LogP contribution in [0.4, 0.5) is 0 Å². The highest BCUT2D eigenvalue weighted by Gasteiger charge is 2.32. The second kappa shape index (κ2) is 7.98. The van der Waals surface area contributed by atoms with Gasteiger partial charge in [-0.1, -0.05) is 0 Å². The summed E-state index contributed by atoms with van der Waals surface area (Å²) in [4.78, 5) is 12.0. The van der Waals surface area contributed by atoms with Gasteiger partial charge in [0.2, 0.25) is 10.0 Å². The van der Waals surface area contributed by atoms with Crippen molar-refractivity contribution in [3.63, 3.8) is 0 Å². The van der Waals surface area contributed by atoms with E-state index in [0.29, 0.717) is 44.9 Å². The molecule has 0 amide bonds. The summed E-state index contributed by atoms with van der Waals surface area (Å²) < 4.78 is 37.5. The largest absolute Gasteiger partial charge is 0.494 e. The second-order valence-corrected chi connectivity index (χ2v) is 7.73. The molecule has 1 aromatic rings. The van der Waals surface area contributed by atoms with E-state index in [2.05, 4.69) is 0 Å². The highest BCUT2D eigenvalue weighted by atomic mass is 32.2. The first-order valence-electron chi connectivity index (χ1n) is 8.30. The van der Waals surface area contributed by atoms with Gasteiger partial charge in [-0.2, -0.15) is 4.31 Å². The second-order valence-electron chi connectivity index (χ2n) is 5.79. The van der Waals surface area contributed by atoms with Gasteiger partial charge >= 0.3 is 5.97 Å². The minimum Gasteiger partial charge on any atom is -0.494 e. The van der Waals surface area contributed by atoms with Crippen molar-refractivity contribution in [2.45, 2.75) is 38.5 Å². The van der Waals surface area contributed by atoms with E-state index in [4.69, 9.17) is 9.47 Å². The van der Waals surface area contributed by atoms with Crippen LogP contribution in [0.25, 0.3) is 0 Å². The van der Waals surface area contributed by atoms with Gasteiger partial charge in [0.15, 0.2) is 0 Å². The Hall–Kier alpha value is -1.60. The predicted molar refractivity (Wildman–Crippen MR) is 90.5 cm³/mol. The van der Waals surface area contributed by atoms with Crippen molar-refractivity contribution in [2.24, 2.45) is 5.92 Å². The number of carbonyl (C=O) groups excluding carboxylic acids is 1. The van der Waals surface area contributed by atoms with Gasteiger partial charge in [-0.3, -0.25) is 4.79 Å². The SMILES string of the molecule is CCOC(=O)C1CCN(S(=O)(=O)c2ccc(OCC)c(C)c2)CC1. The molecule has 0 bridgehead atoms. The molecule has 0 saturated carbocycles. The van der Waals surface area contributed by atoms with E-state index < -0.39 is 10.0 Å². The number of esters is 1. The third-order valence-corrected chi connectivity index (χ3v) is 6.05. The molecule has 24 heavy (non-hydrogen) atoms. The lowest BCUT2D eigenvalue weighted by Crippen LogP contribution is -2.40. The number of hydrogen-bond donors (Lipinski definition) is 0.